The Hall–Kier alpha value is -3.66. The molecule has 2 aliphatic heterocycles. The fourth-order valence-corrected chi connectivity index (χ4v) is 6.04. The fraction of sp³-hybridized carbons (Fsp3) is 0.222. The summed E-state index contributed by atoms with van der Waals surface area (Å²) in [5.41, 5.74) is 0.896. The summed E-state index contributed by atoms with van der Waals surface area (Å²) in [7, 11) is 1.53. The number of hydrogen-bond donors (Lipinski definition) is 1. The molecular weight excluding hydrogens is 482 g/mol. The number of nitrogens with zero attached hydrogens (tertiary/aromatic N) is 1. The number of carbonyl (C=O) groups excluding carboxylic acids is 3. The lowest BCUT2D eigenvalue weighted by atomic mass is 9.79. The van der Waals surface area contributed by atoms with Gasteiger partial charge in [0, 0.05) is 41.2 Å². The Morgan fingerprint density at radius 2 is 1.67 bits per heavy atom. The largest absolute Gasteiger partial charge is 0.606 e. The highest BCUT2D eigenvalue weighted by Gasteiger charge is 2.47. The van der Waals surface area contributed by atoms with Crippen LogP contribution in [0.5, 0.6) is 5.75 Å². The minimum absolute atomic E-state index is 0.0227. The molecule has 2 heterocycles. The number of rotatable bonds is 6. The maximum absolute atomic E-state index is 13.3. The molecule has 184 valence electrons. The van der Waals surface area contributed by atoms with Crippen LogP contribution in [-0.2, 0) is 42.4 Å². The summed E-state index contributed by atoms with van der Waals surface area (Å²) in [4.78, 5) is 41.3. The number of aliphatic hydroxyl groups is 1. The highest BCUT2D eigenvalue weighted by atomic mass is 32.2. The number of carbonyl (C=O) groups is 3. The topological polar surface area (TPSA) is 116 Å². The average molecular weight is 506 g/mol. The van der Waals surface area contributed by atoms with Crippen molar-refractivity contribution in [3.05, 3.63) is 89.0 Å². The van der Waals surface area contributed by atoms with Gasteiger partial charge in [0.2, 0.25) is 0 Å². The van der Waals surface area contributed by atoms with Gasteiger partial charge in [0.05, 0.1) is 13.5 Å². The second-order valence-electron chi connectivity index (χ2n) is 8.58. The molecule has 2 atom stereocenters. The maximum Gasteiger partial charge on any atom is 0.333 e. The van der Waals surface area contributed by atoms with E-state index in [1.807, 2.05) is 0 Å². The molecule has 0 aliphatic carbocycles. The maximum atomic E-state index is 13.3. The van der Waals surface area contributed by atoms with Gasteiger partial charge in [0.15, 0.2) is 9.79 Å². The van der Waals surface area contributed by atoms with Crippen molar-refractivity contribution >= 4 is 29.0 Å². The third-order valence-electron chi connectivity index (χ3n) is 6.44. The molecule has 1 N–H and O–H groups in total. The zero-order valence-corrected chi connectivity index (χ0v) is 20.2. The van der Waals surface area contributed by atoms with E-state index in [1.54, 1.807) is 66.7 Å². The first kappa shape index (κ1) is 24.1. The fourth-order valence-electron chi connectivity index (χ4n) is 4.55. The van der Waals surface area contributed by atoms with Crippen molar-refractivity contribution in [3.63, 3.8) is 0 Å². The van der Waals surface area contributed by atoms with Crippen LogP contribution in [-0.4, -0.2) is 39.6 Å². The molecule has 5 rings (SSSR count). The van der Waals surface area contributed by atoms with Crippen LogP contribution in [0.2, 0.25) is 0 Å². The summed E-state index contributed by atoms with van der Waals surface area (Å²) in [6, 6.07) is 19.4. The average Bonchev–Trinajstić information content (AvgIpc) is 3.22. The van der Waals surface area contributed by atoms with E-state index in [1.165, 1.54) is 7.11 Å². The molecule has 0 saturated carbocycles. The minimum Gasteiger partial charge on any atom is -0.606 e. The number of methoxy groups -OCH3 is 1. The first-order chi connectivity index (χ1) is 17.3. The Morgan fingerprint density at radius 1 is 1.00 bits per heavy atom. The van der Waals surface area contributed by atoms with Crippen molar-refractivity contribution in [3.8, 4) is 5.75 Å². The van der Waals surface area contributed by atoms with E-state index in [4.69, 9.17) is 9.57 Å². The van der Waals surface area contributed by atoms with Crippen LogP contribution in [0.4, 0.5) is 0 Å². The highest BCUT2D eigenvalue weighted by Crippen LogP contribution is 2.48. The monoisotopic (exact) mass is 505 g/mol. The Kier molecular flexibility index (Phi) is 6.29. The third-order valence-corrected chi connectivity index (χ3v) is 7.94. The lowest BCUT2D eigenvalue weighted by Crippen LogP contribution is -2.36. The third kappa shape index (κ3) is 4.05. The van der Waals surface area contributed by atoms with E-state index in [0.29, 0.717) is 43.7 Å². The van der Waals surface area contributed by atoms with E-state index in [0.717, 1.165) is 5.56 Å². The van der Waals surface area contributed by atoms with Gasteiger partial charge in [-0.3, -0.25) is 9.59 Å². The number of hydrogen-bond acceptors (Lipinski definition) is 7. The number of amides is 2. The van der Waals surface area contributed by atoms with Crippen molar-refractivity contribution in [2.45, 2.75) is 41.1 Å². The second-order valence-corrected chi connectivity index (χ2v) is 10.00. The van der Waals surface area contributed by atoms with Crippen LogP contribution in [0.15, 0.2) is 76.5 Å². The van der Waals surface area contributed by atoms with Gasteiger partial charge in [-0.05, 0) is 35.7 Å². The molecule has 0 radical (unpaired) electrons. The molecular formula is C27H23NO7S. The summed E-state index contributed by atoms with van der Waals surface area (Å²) in [5, 5.41) is 12.7. The number of imide groups is 1. The van der Waals surface area contributed by atoms with Gasteiger partial charge >= 0.3 is 5.97 Å². The number of benzene rings is 3. The Balaban J connectivity index is 1.40. The summed E-state index contributed by atoms with van der Waals surface area (Å²) < 4.78 is 18.6. The standard InChI is InChI=1S/C27H23NO7S/c1-34-19-11-12-21-23(16-19)36(33)22-5-3-2-4-20(22)27(21,32)18-9-6-17(7-10-18)8-15-26(31)35-28-24(29)13-14-25(28)30/h2-7,9-12,16,32H,8,13-15H2,1H3. The number of ether oxygens (including phenoxy) is 1. The van der Waals surface area contributed by atoms with Crippen molar-refractivity contribution in [1.82, 2.24) is 5.06 Å². The molecule has 0 spiro atoms. The highest BCUT2D eigenvalue weighted by molar-refractivity contribution is 7.91. The van der Waals surface area contributed by atoms with Gasteiger partial charge in [-0.25, -0.2) is 4.79 Å². The van der Waals surface area contributed by atoms with Gasteiger partial charge in [0.1, 0.15) is 11.4 Å². The molecule has 1 saturated heterocycles. The Labute approximate surface area is 210 Å². The Bertz CT molecular complexity index is 1340. The molecule has 8 nitrogen and oxygen atoms in total. The summed E-state index contributed by atoms with van der Waals surface area (Å²) in [6.45, 7) is 0. The van der Waals surface area contributed by atoms with Crippen LogP contribution in [0.1, 0.15) is 41.5 Å². The van der Waals surface area contributed by atoms with Crippen molar-refractivity contribution in [2.75, 3.05) is 7.11 Å². The first-order valence-corrected chi connectivity index (χ1v) is 12.6. The van der Waals surface area contributed by atoms with E-state index in [2.05, 4.69) is 0 Å². The minimum atomic E-state index is -1.54. The number of fused-ring (bicyclic) bond motifs is 2. The summed E-state index contributed by atoms with van der Waals surface area (Å²) >= 11 is -1.49. The van der Waals surface area contributed by atoms with Crippen LogP contribution < -0.4 is 4.74 Å². The zero-order chi connectivity index (χ0) is 25.4. The van der Waals surface area contributed by atoms with E-state index < -0.39 is 34.6 Å². The van der Waals surface area contributed by atoms with Gasteiger partial charge in [-0.2, -0.15) is 0 Å². The van der Waals surface area contributed by atoms with Gasteiger partial charge in [-0.1, -0.05) is 42.5 Å². The van der Waals surface area contributed by atoms with Crippen molar-refractivity contribution in [1.29, 1.82) is 0 Å². The second kappa shape index (κ2) is 9.42. The van der Waals surface area contributed by atoms with Crippen LogP contribution in [0.3, 0.4) is 0 Å². The Morgan fingerprint density at radius 3 is 2.36 bits per heavy atom. The molecule has 2 amide bonds. The molecule has 0 aromatic heterocycles. The number of hydroxylamine groups is 2. The summed E-state index contributed by atoms with van der Waals surface area (Å²) in [5.74, 6) is -1.16. The summed E-state index contributed by atoms with van der Waals surface area (Å²) in [6.07, 6.45) is 0.388. The smallest absolute Gasteiger partial charge is 0.333 e. The van der Waals surface area contributed by atoms with Gasteiger partial charge in [-0.15, -0.1) is 5.06 Å². The quantitative estimate of drug-likeness (QED) is 0.404. The molecule has 2 aliphatic rings. The molecule has 9 heteroatoms. The zero-order valence-electron chi connectivity index (χ0n) is 19.4. The van der Waals surface area contributed by atoms with Crippen LogP contribution >= 0.6 is 0 Å². The van der Waals surface area contributed by atoms with Gasteiger partial charge < -0.3 is 19.2 Å². The lowest BCUT2D eigenvalue weighted by molar-refractivity contribution is -0.197. The molecule has 3 aromatic carbocycles. The predicted molar refractivity (Wildman–Crippen MR) is 128 cm³/mol. The molecule has 36 heavy (non-hydrogen) atoms. The first-order valence-electron chi connectivity index (χ1n) is 11.4. The molecule has 0 bridgehead atoms. The van der Waals surface area contributed by atoms with E-state index in [9.17, 15) is 24.0 Å². The van der Waals surface area contributed by atoms with E-state index in [-0.39, 0.29) is 19.3 Å². The van der Waals surface area contributed by atoms with Crippen LogP contribution in [0.25, 0.3) is 0 Å². The van der Waals surface area contributed by atoms with Crippen molar-refractivity contribution in [2.24, 2.45) is 0 Å². The molecule has 2 unspecified atom stereocenters. The molecule has 3 aromatic rings. The SMILES string of the molecule is COc1ccc2c(c1)[S+]([O-])c1ccccc1C2(O)c1ccc(CCC(=O)ON2C(=O)CCC2=O)cc1. The van der Waals surface area contributed by atoms with Crippen LogP contribution in [0, 0.1) is 0 Å². The van der Waals surface area contributed by atoms with Gasteiger partial charge in [0.25, 0.3) is 11.8 Å². The predicted octanol–water partition coefficient (Wildman–Crippen LogP) is 3.00. The lowest BCUT2D eigenvalue weighted by Gasteiger charge is -2.36. The van der Waals surface area contributed by atoms with E-state index >= 15 is 0 Å². The number of aryl methyl sites for hydroxylation is 1. The van der Waals surface area contributed by atoms with Crippen molar-refractivity contribution < 1.29 is 33.6 Å². The normalized spacial score (nSPS) is 20.6. The molecule has 1 fully saturated rings.